The van der Waals surface area contributed by atoms with Gasteiger partial charge < -0.3 is 10.4 Å². The van der Waals surface area contributed by atoms with Gasteiger partial charge in [0.15, 0.2) is 0 Å². The number of rotatable bonds is 3. The highest BCUT2D eigenvalue weighted by Crippen LogP contribution is 2.14. The lowest BCUT2D eigenvalue weighted by atomic mass is 10.1. The molecule has 0 unspecified atom stereocenters. The first-order valence-electron chi connectivity index (χ1n) is 5.65. The highest BCUT2D eigenvalue weighted by molar-refractivity contribution is 6.10. The molecule has 0 aliphatic carbocycles. The van der Waals surface area contributed by atoms with Crippen LogP contribution in [-0.2, 0) is 0 Å². The van der Waals surface area contributed by atoms with Crippen molar-refractivity contribution in [2.45, 2.75) is 6.92 Å². The highest BCUT2D eigenvalue weighted by Gasteiger charge is 2.16. The molecule has 2 N–H and O–H groups in total. The number of carboxylic acids is 1. The van der Waals surface area contributed by atoms with Gasteiger partial charge in [0.2, 0.25) is 0 Å². The first kappa shape index (κ1) is 12.8. The Morgan fingerprint density at radius 2 is 1.79 bits per heavy atom. The zero-order valence-corrected chi connectivity index (χ0v) is 10.3. The molecule has 0 saturated heterocycles. The molecule has 0 atom stereocenters. The van der Waals surface area contributed by atoms with Crippen LogP contribution in [0.25, 0.3) is 0 Å². The molecular weight excluding hydrogens is 244 g/mol. The van der Waals surface area contributed by atoms with Crippen LogP contribution in [0.5, 0.6) is 0 Å². The number of pyridine rings is 1. The third-order valence-corrected chi connectivity index (χ3v) is 2.64. The topological polar surface area (TPSA) is 79.3 Å². The Balaban J connectivity index is 2.31. The summed E-state index contributed by atoms with van der Waals surface area (Å²) in [5.41, 5.74) is 0.886. The van der Waals surface area contributed by atoms with Crippen LogP contribution in [0.15, 0.2) is 42.6 Å². The Hall–Kier alpha value is -2.69. The first-order valence-corrected chi connectivity index (χ1v) is 5.65. The zero-order chi connectivity index (χ0) is 13.8. The summed E-state index contributed by atoms with van der Waals surface area (Å²) in [5, 5.41) is 11.6. The van der Waals surface area contributed by atoms with Crippen LogP contribution in [0.2, 0.25) is 0 Å². The van der Waals surface area contributed by atoms with E-state index in [2.05, 4.69) is 10.3 Å². The van der Waals surface area contributed by atoms with Gasteiger partial charge in [0.1, 0.15) is 5.82 Å². The summed E-state index contributed by atoms with van der Waals surface area (Å²) in [6.07, 6.45) is 1.56. The Bertz CT molecular complexity index is 638. The molecule has 0 radical (unpaired) electrons. The van der Waals surface area contributed by atoms with Crippen molar-refractivity contribution < 1.29 is 14.7 Å². The Morgan fingerprint density at radius 1 is 1.11 bits per heavy atom. The van der Waals surface area contributed by atoms with Crippen molar-refractivity contribution in [3.8, 4) is 0 Å². The van der Waals surface area contributed by atoms with Crippen molar-refractivity contribution >= 4 is 17.7 Å². The molecule has 0 fully saturated rings. The van der Waals surface area contributed by atoms with E-state index in [1.807, 2.05) is 13.0 Å². The van der Waals surface area contributed by atoms with Crippen LogP contribution < -0.4 is 5.32 Å². The predicted molar refractivity (Wildman–Crippen MR) is 70.3 cm³/mol. The van der Waals surface area contributed by atoms with Gasteiger partial charge in [-0.05, 0) is 30.7 Å². The maximum Gasteiger partial charge on any atom is 0.336 e. The second kappa shape index (κ2) is 5.30. The lowest BCUT2D eigenvalue weighted by Crippen LogP contribution is -2.17. The average molecular weight is 256 g/mol. The molecule has 1 aromatic heterocycles. The molecule has 0 aliphatic heterocycles. The fraction of sp³-hybridized carbons (Fsp3) is 0.0714. The number of aromatic carboxylic acids is 1. The number of nitrogens with zero attached hydrogens (tertiary/aromatic N) is 1. The lowest BCUT2D eigenvalue weighted by Gasteiger charge is -2.08. The number of aryl methyl sites for hydroxylation is 1. The number of aromatic nitrogens is 1. The summed E-state index contributed by atoms with van der Waals surface area (Å²) in [6.45, 7) is 1.81. The van der Waals surface area contributed by atoms with Crippen molar-refractivity contribution in [1.82, 2.24) is 4.98 Å². The Morgan fingerprint density at radius 3 is 2.42 bits per heavy atom. The molecule has 0 bridgehead atoms. The van der Waals surface area contributed by atoms with Crippen molar-refractivity contribution in [1.29, 1.82) is 0 Å². The predicted octanol–water partition coefficient (Wildman–Crippen LogP) is 2.34. The standard InChI is InChI=1S/C14H12N2O3/c1-9-5-4-8-15-12(9)16-13(17)10-6-2-3-7-11(10)14(18)19/h2-8H,1H3,(H,18,19)(H,15,16,17). The van der Waals surface area contributed by atoms with Gasteiger partial charge in [0, 0.05) is 6.20 Å². The van der Waals surface area contributed by atoms with Gasteiger partial charge >= 0.3 is 5.97 Å². The molecule has 2 aromatic rings. The maximum atomic E-state index is 12.1. The molecule has 0 saturated carbocycles. The molecule has 0 spiro atoms. The number of anilines is 1. The van der Waals surface area contributed by atoms with Crippen LogP contribution in [0.1, 0.15) is 26.3 Å². The third kappa shape index (κ3) is 2.77. The van der Waals surface area contributed by atoms with Crippen LogP contribution in [0, 0.1) is 6.92 Å². The largest absolute Gasteiger partial charge is 0.478 e. The quantitative estimate of drug-likeness (QED) is 0.883. The third-order valence-electron chi connectivity index (χ3n) is 2.64. The molecule has 0 aliphatic rings. The summed E-state index contributed by atoms with van der Waals surface area (Å²) >= 11 is 0. The number of carbonyl (C=O) groups excluding carboxylic acids is 1. The van der Waals surface area contributed by atoms with E-state index in [4.69, 9.17) is 5.11 Å². The zero-order valence-electron chi connectivity index (χ0n) is 10.3. The molecule has 19 heavy (non-hydrogen) atoms. The van der Waals surface area contributed by atoms with E-state index >= 15 is 0 Å². The molecule has 1 aromatic carbocycles. The van der Waals surface area contributed by atoms with E-state index in [0.29, 0.717) is 5.82 Å². The average Bonchev–Trinajstić information content (AvgIpc) is 2.41. The van der Waals surface area contributed by atoms with Crippen LogP contribution in [-0.4, -0.2) is 22.0 Å². The molecule has 96 valence electrons. The number of amides is 1. The van der Waals surface area contributed by atoms with Gasteiger partial charge in [-0.15, -0.1) is 0 Å². The monoisotopic (exact) mass is 256 g/mol. The molecule has 1 heterocycles. The number of hydrogen-bond acceptors (Lipinski definition) is 3. The number of carboxylic acid groups (broad SMARTS) is 1. The molecular formula is C14H12N2O3. The lowest BCUT2D eigenvalue weighted by molar-refractivity contribution is 0.0692. The van der Waals surface area contributed by atoms with Crippen molar-refractivity contribution in [2.75, 3.05) is 5.32 Å². The molecule has 2 rings (SSSR count). The van der Waals surface area contributed by atoms with Crippen LogP contribution in [0.4, 0.5) is 5.82 Å². The summed E-state index contributed by atoms with van der Waals surface area (Å²) in [5.74, 6) is -1.20. The second-order valence-corrected chi connectivity index (χ2v) is 3.97. The SMILES string of the molecule is Cc1cccnc1NC(=O)c1ccccc1C(=O)O. The molecule has 5 heteroatoms. The van der Waals surface area contributed by atoms with E-state index in [1.54, 1.807) is 24.4 Å². The summed E-state index contributed by atoms with van der Waals surface area (Å²) in [6, 6.07) is 9.63. The van der Waals surface area contributed by atoms with E-state index in [0.717, 1.165) is 5.56 Å². The maximum absolute atomic E-state index is 12.1. The van der Waals surface area contributed by atoms with Crippen LogP contribution >= 0.6 is 0 Å². The van der Waals surface area contributed by atoms with E-state index < -0.39 is 11.9 Å². The molecule has 5 nitrogen and oxygen atoms in total. The summed E-state index contributed by atoms with van der Waals surface area (Å²) in [4.78, 5) is 27.2. The van der Waals surface area contributed by atoms with Gasteiger partial charge in [-0.25, -0.2) is 9.78 Å². The fourth-order valence-corrected chi connectivity index (χ4v) is 1.66. The smallest absolute Gasteiger partial charge is 0.336 e. The first-order chi connectivity index (χ1) is 9.09. The molecule has 1 amide bonds. The van der Waals surface area contributed by atoms with E-state index in [-0.39, 0.29) is 11.1 Å². The fourth-order valence-electron chi connectivity index (χ4n) is 1.66. The Kier molecular flexibility index (Phi) is 3.56. The van der Waals surface area contributed by atoms with Gasteiger partial charge in [0.05, 0.1) is 11.1 Å². The van der Waals surface area contributed by atoms with Crippen molar-refractivity contribution in [2.24, 2.45) is 0 Å². The van der Waals surface area contributed by atoms with E-state index in [9.17, 15) is 9.59 Å². The van der Waals surface area contributed by atoms with Crippen LogP contribution in [0.3, 0.4) is 0 Å². The minimum absolute atomic E-state index is 0.0337. The van der Waals surface area contributed by atoms with Gasteiger partial charge in [-0.1, -0.05) is 18.2 Å². The minimum atomic E-state index is -1.14. The minimum Gasteiger partial charge on any atom is -0.478 e. The van der Waals surface area contributed by atoms with Gasteiger partial charge in [0.25, 0.3) is 5.91 Å². The Labute approximate surface area is 109 Å². The van der Waals surface area contributed by atoms with Crippen molar-refractivity contribution in [3.05, 3.63) is 59.3 Å². The van der Waals surface area contributed by atoms with Gasteiger partial charge in [-0.2, -0.15) is 0 Å². The second-order valence-electron chi connectivity index (χ2n) is 3.97. The summed E-state index contributed by atoms with van der Waals surface area (Å²) in [7, 11) is 0. The summed E-state index contributed by atoms with van der Waals surface area (Å²) < 4.78 is 0. The van der Waals surface area contributed by atoms with E-state index in [1.165, 1.54) is 12.1 Å². The number of hydrogen-bond donors (Lipinski definition) is 2. The highest BCUT2D eigenvalue weighted by atomic mass is 16.4. The van der Waals surface area contributed by atoms with Gasteiger partial charge in [-0.3, -0.25) is 4.79 Å². The number of benzene rings is 1. The normalized spacial score (nSPS) is 9.95. The van der Waals surface area contributed by atoms with Crippen molar-refractivity contribution in [3.63, 3.8) is 0 Å². The number of carbonyl (C=O) groups is 2. The number of nitrogens with one attached hydrogen (secondary N) is 1.